The van der Waals surface area contributed by atoms with E-state index in [1.165, 1.54) is 31.4 Å². The molecule has 1 atom stereocenters. The van der Waals surface area contributed by atoms with E-state index in [0.717, 1.165) is 24.6 Å². The van der Waals surface area contributed by atoms with E-state index >= 15 is 0 Å². The third-order valence-electron chi connectivity index (χ3n) is 6.23. The number of carbonyl (C=O) groups is 2. The normalized spacial score (nSPS) is 13.4. The van der Waals surface area contributed by atoms with E-state index < -0.39 is 23.5 Å². The summed E-state index contributed by atoms with van der Waals surface area (Å²) in [6.45, 7) is 3.52. The summed E-state index contributed by atoms with van der Waals surface area (Å²) in [5.74, 6) is -0.372. The summed E-state index contributed by atoms with van der Waals surface area (Å²) in [5, 5.41) is 3.51. The van der Waals surface area contributed by atoms with Gasteiger partial charge in [0.1, 0.15) is 29.7 Å². The number of hydrogen-bond acceptors (Lipinski definition) is 7. The van der Waals surface area contributed by atoms with Crippen molar-refractivity contribution in [3.05, 3.63) is 69.1 Å². The largest absolute Gasteiger partial charge is 0.497 e. The van der Waals surface area contributed by atoms with Crippen molar-refractivity contribution >= 4 is 22.8 Å². The van der Waals surface area contributed by atoms with Gasteiger partial charge in [0.05, 0.1) is 14.2 Å². The first-order valence-electron chi connectivity index (χ1n) is 11.6. The Balaban J connectivity index is 1.52. The fourth-order valence-corrected chi connectivity index (χ4v) is 4.31. The number of ether oxygens (including phenoxy) is 3. The summed E-state index contributed by atoms with van der Waals surface area (Å²) in [4.78, 5) is 38.0. The first kappa shape index (κ1) is 24.3. The van der Waals surface area contributed by atoms with Crippen molar-refractivity contribution in [2.24, 2.45) is 5.92 Å². The lowest BCUT2D eigenvalue weighted by Gasteiger charge is -2.21. The molecule has 1 heterocycles. The van der Waals surface area contributed by atoms with E-state index in [4.69, 9.17) is 18.6 Å². The van der Waals surface area contributed by atoms with Crippen molar-refractivity contribution in [2.45, 2.75) is 45.8 Å². The van der Waals surface area contributed by atoms with Crippen molar-refractivity contribution in [3.8, 4) is 11.5 Å². The lowest BCUT2D eigenvalue weighted by atomic mass is 10.0. The number of fused-ring (bicyclic) bond motifs is 2. The SMILES string of the molecule is COc1cc(OC)cc(C(=O)NC(C(=O)OCc2cc(=O)oc3cc4c(cc23)CCC4)C(C)C)c1. The molecular formula is C27H29NO7. The van der Waals surface area contributed by atoms with Crippen LogP contribution in [0.15, 0.2) is 45.6 Å². The van der Waals surface area contributed by atoms with Crippen LogP contribution in [-0.2, 0) is 29.0 Å². The molecule has 1 aliphatic carbocycles. The van der Waals surface area contributed by atoms with Crippen LogP contribution in [-0.4, -0.2) is 32.1 Å². The van der Waals surface area contributed by atoms with Crippen LogP contribution < -0.4 is 20.4 Å². The highest BCUT2D eigenvalue weighted by Gasteiger charge is 2.27. The number of amides is 1. The fraction of sp³-hybridized carbons (Fsp3) is 0.370. The molecule has 8 nitrogen and oxygen atoms in total. The molecule has 1 unspecified atom stereocenters. The molecule has 0 bridgehead atoms. The van der Waals surface area contributed by atoms with Crippen LogP contribution in [0, 0.1) is 5.92 Å². The molecule has 0 fully saturated rings. The Morgan fingerprint density at radius 2 is 1.63 bits per heavy atom. The maximum Gasteiger partial charge on any atom is 0.336 e. The Bertz CT molecular complexity index is 1300. The number of aryl methyl sites for hydroxylation is 2. The van der Waals surface area contributed by atoms with Crippen LogP contribution in [0.3, 0.4) is 0 Å². The van der Waals surface area contributed by atoms with E-state index in [1.807, 2.05) is 26.0 Å². The summed E-state index contributed by atoms with van der Waals surface area (Å²) in [5.41, 5.74) is 3.27. The van der Waals surface area contributed by atoms with Gasteiger partial charge in [-0.1, -0.05) is 13.8 Å². The van der Waals surface area contributed by atoms with Crippen molar-refractivity contribution in [1.29, 1.82) is 0 Å². The molecule has 8 heteroatoms. The topological polar surface area (TPSA) is 104 Å². The van der Waals surface area contributed by atoms with E-state index in [2.05, 4.69) is 5.32 Å². The monoisotopic (exact) mass is 479 g/mol. The van der Waals surface area contributed by atoms with Crippen molar-refractivity contribution < 1.29 is 28.2 Å². The first-order chi connectivity index (χ1) is 16.8. The molecule has 3 aromatic rings. The molecule has 0 aliphatic heterocycles. The number of methoxy groups -OCH3 is 2. The highest BCUT2D eigenvalue weighted by atomic mass is 16.5. The minimum Gasteiger partial charge on any atom is -0.497 e. The number of esters is 1. The van der Waals surface area contributed by atoms with Gasteiger partial charge in [0.2, 0.25) is 0 Å². The molecular weight excluding hydrogens is 450 g/mol. The summed E-state index contributed by atoms with van der Waals surface area (Å²) in [7, 11) is 2.99. The zero-order valence-corrected chi connectivity index (χ0v) is 20.3. The number of hydrogen-bond donors (Lipinski definition) is 1. The molecule has 2 aromatic carbocycles. The van der Waals surface area contributed by atoms with E-state index in [9.17, 15) is 14.4 Å². The van der Waals surface area contributed by atoms with Crippen molar-refractivity contribution in [1.82, 2.24) is 5.32 Å². The Morgan fingerprint density at radius 3 is 2.26 bits per heavy atom. The molecule has 1 N–H and O–H groups in total. The van der Waals surface area contributed by atoms with Gasteiger partial charge < -0.3 is 23.9 Å². The average molecular weight is 480 g/mol. The van der Waals surface area contributed by atoms with Gasteiger partial charge in [0, 0.05) is 28.6 Å². The van der Waals surface area contributed by atoms with Crippen LogP contribution in [0.5, 0.6) is 11.5 Å². The van der Waals surface area contributed by atoms with Gasteiger partial charge in [-0.2, -0.15) is 0 Å². The minimum atomic E-state index is -0.893. The molecule has 1 amide bonds. The van der Waals surface area contributed by atoms with Gasteiger partial charge in [-0.15, -0.1) is 0 Å². The molecule has 0 radical (unpaired) electrons. The van der Waals surface area contributed by atoms with E-state index in [0.29, 0.717) is 28.2 Å². The van der Waals surface area contributed by atoms with Gasteiger partial charge in [-0.3, -0.25) is 4.79 Å². The van der Waals surface area contributed by atoms with Gasteiger partial charge in [-0.25, -0.2) is 9.59 Å². The van der Waals surface area contributed by atoms with Gasteiger partial charge in [0.15, 0.2) is 0 Å². The fourth-order valence-electron chi connectivity index (χ4n) is 4.31. The summed E-state index contributed by atoms with van der Waals surface area (Å²) in [6.07, 6.45) is 3.00. The zero-order valence-electron chi connectivity index (χ0n) is 20.3. The quantitative estimate of drug-likeness (QED) is 0.387. The first-order valence-corrected chi connectivity index (χ1v) is 11.6. The number of carbonyl (C=O) groups excluding carboxylic acids is 2. The standard InChI is InChI=1S/C27H29NO7/c1-15(2)25(28-26(30)18-8-20(32-3)13-21(9-18)33-4)27(31)34-14-19-12-24(29)35-23-11-17-7-5-6-16(17)10-22(19)23/h8-13,15,25H,5-7,14H2,1-4H3,(H,28,30). The Kier molecular flexibility index (Phi) is 7.10. The summed E-state index contributed by atoms with van der Waals surface area (Å²) >= 11 is 0. The number of nitrogens with one attached hydrogen (secondary N) is 1. The van der Waals surface area contributed by atoms with E-state index in [-0.39, 0.29) is 12.5 Å². The summed E-state index contributed by atoms with van der Waals surface area (Å²) in [6, 6.07) is 9.16. The Hall–Kier alpha value is -3.81. The third-order valence-corrected chi connectivity index (χ3v) is 6.23. The maximum atomic E-state index is 13.0. The minimum absolute atomic E-state index is 0.105. The second kappa shape index (κ2) is 10.2. The van der Waals surface area contributed by atoms with Crippen LogP contribution in [0.25, 0.3) is 11.0 Å². The molecule has 1 aromatic heterocycles. The maximum absolute atomic E-state index is 13.0. The predicted molar refractivity (Wildman–Crippen MR) is 130 cm³/mol. The average Bonchev–Trinajstić information content (AvgIpc) is 3.30. The number of benzene rings is 2. The number of rotatable bonds is 8. The van der Waals surface area contributed by atoms with Gasteiger partial charge in [0.25, 0.3) is 5.91 Å². The molecule has 184 valence electrons. The Morgan fingerprint density at radius 1 is 0.971 bits per heavy atom. The second-order valence-corrected chi connectivity index (χ2v) is 8.97. The molecule has 0 saturated heterocycles. The molecule has 4 rings (SSSR count). The highest BCUT2D eigenvalue weighted by Crippen LogP contribution is 2.29. The molecule has 0 spiro atoms. The van der Waals surface area contributed by atoms with Crippen LogP contribution >= 0.6 is 0 Å². The van der Waals surface area contributed by atoms with Gasteiger partial charge >= 0.3 is 11.6 Å². The van der Waals surface area contributed by atoms with Gasteiger partial charge in [-0.05, 0) is 60.6 Å². The second-order valence-electron chi connectivity index (χ2n) is 8.97. The lowest BCUT2D eigenvalue weighted by Crippen LogP contribution is -2.45. The van der Waals surface area contributed by atoms with Crippen LogP contribution in [0.4, 0.5) is 0 Å². The molecule has 0 saturated carbocycles. The van der Waals surface area contributed by atoms with Crippen LogP contribution in [0.1, 0.15) is 47.3 Å². The molecule has 1 aliphatic rings. The van der Waals surface area contributed by atoms with Crippen molar-refractivity contribution in [3.63, 3.8) is 0 Å². The van der Waals surface area contributed by atoms with E-state index in [1.54, 1.807) is 18.2 Å². The lowest BCUT2D eigenvalue weighted by molar-refractivity contribution is -0.148. The third kappa shape index (κ3) is 5.31. The molecule has 35 heavy (non-hydrogen) atoms. The van der Waals surface area contributed by atoms with Crippen molar-refractivity contribution in [2.75, 3.05) is 14.2 Å². The summed E-state index contributed by atoms with van der Waals surface area (Å²) < 4.78 is 21.4. The Labute approximate surface area is 203 Å². The van der Waals surface area contributed by atoms with Crippen LogP contribution in [0.2, 0.25) is 0 Å². The smallest absolute Gasteiger partial charge is 0.336 e. The predicted octanol–water partition coefficient (Wildman–Crippen LogP) is 3.80. The highest BCUT2D eigenvalue weighted by molar-refractivity contribution is 5.97. The zero-order chi connectivity index (χ0) is 25.1.